The normalized spacial score (nSPS) is 10.4. The van der Waals surface area contributed by atoms with Crippen LogP contribution in [0.1, 0.15) is 99.9 Å². The maximum Gasteiger partial charge on any atom is 1.00 e. The minimum absolute atomic E-state index is 0. The Hall–Kier alpha value is 0.126. The second kappa shape index (κ2) is 16.3. The average molecular weight is 373 g/mol. The van der Waals surface area contributed by atoms with E-state index in [1.165, 1.54) is 82.4 Å². The number of hydrogen-bond acceptors (Lipinski definition) is 2. The summed E-state index contributed by atoms with van der Waals surface area (Å²) in [7, 11) is 0. The summed E-state index contributed by atoms with van der Waals surface area (Å²) in [4.78, 5) is 10.9. The Kier molecular flexibility index (Phi) is 16.4. The number of aromatic carboxylic acids is 1. The molecule has 0 aliphatic rings. The van der Waals surface area contributed by atoms with Crippen molar-refractivity contribution in [1.29, 1.82) is 0 Å². The average Bonchev–Trinajstić information content (AvgIpc) is 2.57. The van der Waals surface area contributed by atoms with Crippen LogP contribution in [0.3, 0.4) is 0 Å². The van der Waals surface area contributed by atoms with Crippen LogP contribution in [0.25, 0.3) is 0 Å². The zero-order chi connectivity index (χ0) is 17.6. The van der Waals surface area contributed by atoms with Gasteiger partial charge in [-0.2, -0.15) is 0 Å². The number of rotatable bonds is 14. The molecule has 0 heterocycles. The number of carboxylic acid groups (broad SMARTS) is 1. The van der Waals surface area contributed by atoms with E-state index in [0.29, 0.717) is 12.0 Å². The monoisotopic (exact) mass is 372 g/mol. The first-order valence-electron chi connectivity index (χ1n) is 9.68. The first-order chi connectivity index (χ1) is 11.6. The molecule has 0 fully saturated rings. The summed E-state index contributed by atoms with van der Waals surface area (Å²) >= 11 is 0. The van der Waals surface area contributed by atoms with Gasteiger partial charge in [-0.05, 0) is 25.0 Å². The quantitative estimate of drug-likeness (QED) is 0.403. The third kappa shape index (κ3) is 12.2. The molecule has 25 heavy (non-hydrogen) atoms. The van der Waals surface area contributed by atoms with Crippen molar-refractivity contribution in [3.63, 3.8) is 0 Å². The van der Waals surface area contributed by atoms with Gasteiger partial charge < -0.3 is 10.2 Å². The Bertz CT molecular complexity index is 474. The van der Waals surface area contributed by atoms with Crippen LogP contribution in [0.15, 0.2) is 18.2 Å². The second-order valence-electron chi connectivity index (χ2n) is 6.77. The van der Waals surface area contributed by atoms with Crippen LogP contribution in [0.2, 0.25) is 0 Å². The molecule has 1 aromatic carbocycles. The number of aryl methyl sites for hydroxylation is 1. The largest absolute Gasteiger partial charge is 1.00 e. The first-order valence-corrected chi connectivity index (χ1v) is 9.68. The van der Waals surface area contributed by atoms with E-state index in [2.05, 4.69) is 6.92 Å². The van der Waals surface area contributed by atoms with Crippen molar-refractivity contribution in [3.05, 3.63) is 29.3 Å². The second-order valence-corrected chi connectivity index (χ2v) is 6.77. The molecular formula is C21H33KO3. The molecule has 1 aromatic rings. The molecule has 0 aromatic heterocycles. The Morgan fingerprint density at radius 2 is 1.36 bits per heavy atom. The maximum absolute atomic E-state index is 11.7. The van der Waals surface area contributed by atoms with E-state index in [4.69, 9.17) is 5.11 Å². The van der Waals surface area contributed by atoms with E-state index >= 15 is 0 Å². The smallest absolute Gasteiger partial charge is 0.872 e. The van der Waals surface area contributed by atoms with E-state index in [9.17, 15) is 9.90 Å². The third-order valence-electron chi connectivity index (χ3n) is 4.61. The van der Waals surface area contributed by atoms with Crippen LogP contribution in [0.5, 0.6) is 5.75 Å². The van der Waals surface area contributed by atoms with Gasteiger partial charge in [-0.25, -0.2) is 4.79 Å². The van der Waals surface area contributed by atoms with Crippen molar-refractivity contribution in [1.82, 2.24) is 0 Å². The SMILES string of the molecule is CCCCCCCCCCCCCCc1cc(C(=O)O)ccc1[O-].[K+]. The summed E-state index contributed by atoms with van der Waals surface area (Å²) in [6.45, 7) is 2.25. The molecular weight excluding hydrogens is 339 g/mol. The van der Waals surface area contributed by atoms with Gasteiger partial charge in [0.25, 0.3) is 0 Å². The van der Waals surface area contributed by atoms with Gasteiger partial charge in [-0.15, -0.1) is 5.75 Å². The van der Waals surface area contributed by atoms with E-state index in [1.807, 2.05) is 0 Å². The van der Waals surface area contributed by atoms with Crippen molar-refractivity contribution in [2.24, 2.45) is 0 Å². The Balaban J connectivity index is 0.00000576. The fraction of sp³-hybridized carbons (Fsp3) is 0.667. The van der Waals surface area contributed by atoms with Crippen molar-refractivity contribution < 1.29 is 66.4 Å². The summed E-state index contributed by atoms with van der Waals surface area (Å²) in [5.41, 5.74) is 0.852. The molecule has 1 rings (SSSR count). The van der Waals surface area contributed by atoms with Crippen molar-refractivity contribution in [2.45, 2.75) is 90.4 Å². The molecule has 0 spiro atoms. The molecule has 3 nitrogen and oxygen atoms in total. The van der Waals surface area contributed by atoms with Crippen molar-refractivity contribution in [2.75, 3.05) is 0 Å². The molecule has 136 valence electrons. The van der Waals surface area contributed by atoms with E-state index in [1.54, 1.807) is 0 Å². The number of unbranched alkanes of at least 4 members (excludes halogenated alkanes) is 11. The minimum Gasteiger partial charge on any atom is -0.872 e. The topological polar surface area (TPSA) is 60.4 Å². The van der Waals surface area contributed by atoms with Crippen LogP contribution >= 0.6 is 0 Å². The van der Waals surface area contributed by atoms with Crippen LogP contribution in [-0.2, 0) is 6.42 Å². The number of carbonyl (C=O) groups is 1. The molecule has 0 atom stereocenters. The number of carboxylic acids is 1. The van der Waals surface area contributed by atoms with Crippen LogP contribution in [0.4, 0.5) is 0 Å². The van der Waals surface area contributed by atoms with Crippen molar-refractivity contribution >= 4 is 5.97 Å². The summed E-state index contributed by atoms with van der Waals surface area (Å²) in [6, 6.07) is 4.29. The first kappa shape index (κ1) is 25.1. The van der Waals surface area contributed by atoms with Gasteiger partial charge in [0.1, 0.15) is 0 Å². The molecule has 0 aliphatic heterocycles. The summed E-state index contributed by atoms with van der Waals surface area (Å²) in [6.07, 6.45) is 16.1. The van der Waals surface area contributed by atoms with Gasteiger partial charge >= 0.3 is 57.4 Å². The van der Waals surface area contributed by atoms with Gasteiger partial charge in [0, 0.05) is 0 Å². The van der Waals surface area contributed by atoms with Gasteiger partial charge in [0.2, 0.25) is 0 Å². The van der Waals surface area contributed by atoms with E-state index in [0.717, 1.165) is 12.8 Å². The molecule has 0 saturated carbocycles. The van der Waals surface area contributed by atoms with Crippen LogP contribution in [0, 0.1) is 0 Å². The van der Waals surface area contributed by atoms with Crippen molar-refractivity contribution in [3.8, 4) is 5.75 Å². The van der Waals surface area contributed by atoms with Gasteiger partial charge in [-0.1, -0.05) is 89.2 Å². The zero-order valence-electron chi connectivity index (χ0n) is 16.2. The Labute approximate surface area is 196 Å². The predicted octanol–water partition coefficient (Wildman–Crippen LogP) is 2.71. The van der Waals surface area contributed by atoms with Crippen LogP contribution < -0.4 is 56.5 Å². The molecule has 0 radical (unpaired) electrons. The maximum atomic E-state index is 11.7. The molecule has 4 heteroatoms. The third-order valence-corrected chi connectivity index (χ3v) is 4.61. The molecule has 0 amide bonds. The van der Waals surface area contributed by atoms with E-state index in [-0.39, 0.29) is 62.7 Å². The number of hydrogen-bond donors (Lipinski definition) is 1. The fourth-order valence-electron chi connectivity index (χ4n) is 3.06. The summed E-state index contributed by atoms with van der Waals surface area (Å²) < 4.78 is 0. The summed E-state index contributed by atoms with van der Waals surface area (Å²) in [5.74, 6) is -1.01. The van der Waals surface area contributed by atoms with E-state index < -0.39 is 5.97 Å². The fourth-order valence-corrected chi connectivity index (χ4v) is 3.06. The molecule has 1 N–H and O–H groups in total. The standard InChI is InChI=1S/C21H34O3.K/c1-2-3-4-5-6-7-8-9-10-11-12-13-14-18-17-19(21(23)24)15-16-20(18)22;/h15-17,22H,2-14H2,1H3,(H,23,24);/q;+1/p-1. The Morgan fingerprint density at radius 1 is 0.880 bits per heavy atom. The van der Waals surface area contributed by atoms with Gasteiger partial charge in [0.15, 0.2) is 0 Å². The summed E-state index contributed by atoms with van der Waals surface area (Å²) in [5, 5.41) is 20.7. The molecule has 0 aliphatic carbocycles. The Morgan fingerprint density at radius 3 is 1.84 bits per heavy atom. The minimum atomic E-state index is -0.967. The molecule has 0 saturated heterocycles. The van der Waals surface area contributed by atoms with Gasteiger partial charge in [-0.3, -0.25) is 0 Å². The predicted molar refractivity (Wildman–Crippen MR) is 97.6 cm³/mol. The van der Waals surface area contributed by atoms with Crippen LogP contribution in [-0.4, -0.2) is 11.1 Å². The number of benzene rings is 1. The van der Waals surface area contributed by atoms with Gasteiger partial charge in [0.05, 0.1) is 5.56 Å². The zero-order valence-corrected chi connectivity index (χ0v) is 19.3. The molecule has 0 bridgehead atoms. The molecule has 0 unspecified atom stereocenters.